The Bertz CT molecular complexity index is 373. The molecule has 0 bridgehead atoms. The van der Waals surface area contributed by atoms with Crippen LogP contribution in [0.4, 0.5) is 5.69 Å². The van der Waals surface area contributed by atoms with Crippen LogP contribution in [-0.2, 0) is 6.54 Å². The highest BCUT2D eigenvalue weighted by Crippen LogP contribution is 1.97. The Morgan fingerprint density at radius 1 is 1.31 bits per heavy atom. The lowest BCUT2D eigenvalue weighted by molar-refractivity contribution is 0.275. The second-order valence-corrected chi connectivity index (χ2v) is 3.93. The summed E-state index contributed by atoms with van der Waals surface area (Å²) in [6.07, 6.45) is 2.85. The number of likely N-dealkylation sites (N-methyl/N-ethyl adjacent to an activating group) is 1. The summed E-state index contributed by atoms with van der Waals surface area (Å²) in [5.74, 6) is 0. The highest BCUT2D eigenvalue weighted by atomic mass is 16.1. The molecule has 16 heavy (non-hydrogen) atoms. The van der Waals surface area contributed by atoms with Crippen molar-refractivity contribution < 1.29 is 0 Å². The number of anilines is 1. The largest absolute Gasteiger partial charge is 0.398 e. The molecule has 0 radical (unpaired) electrons. The molecule has 0 amide bonds. The van der Waals surface area contributed by atoms with Gasteiger partial charge in [0.25, 0.3) is 5.56 Å². The van der Waals surface area contributed by atoms with Gasteiger partial charge in [0.15, 0.2) is 0 Å². The zero-order valence-electron chi connectivity index (χ0n) is 10.1. The van der Waals surface area contributed by atoms with Crippen LogP contribution in [0.2, 0.25) is 0 Å². The van der Waals surface area contributed by atoms with Gasteiger partial charge in [-0.1, -0.05) is 13.8 Å². The topological polar surface area (TPSA) is 51.3 Å². The molecule has 4 heteroatoms. The SMILES string of the molecule is CCCN(CC)CCn1cc(N)ccc1=O. The number of hydrogen-bond donors (Lipinski definition) is 1. The molecule has 0 spiro atoms. The number of nitrogens with zero attached hydrogens (tertiary/aromatic N) is 2. The quantitative estimate of drug-likeness (QED) is 0.787. The third kappa shape index (κ3) is 3.70. The van der Waals surface area contributed by atoms with E-state index in [1.54, 1.807) is 16.8 Å². The van der Waals surface area contributed by atoms with Crippen LogP contribution >= 0.6 is 0 Å². The van der Waals surface area contributed by atoms with Gasteiger partial charge in [0.1, 0.15) is 0 Å². The zero-order valence-corrected chi connectivity index (χ0v) is 10.1. The highest BCUT2D eigenvalue weighted by molar-refractivity contribution is 5.33. The fraction of sp³-hybridized carbons (Fsp3) is 0.583. The number of hydrogen-bond acceptors (Lipinski definition) is 3. The molecule has 0 saturated carbocycles. The van der Waals surface area contributed by atoms with Gasteiger partial charge in [0.2, 0.25) is 0 Å². The number of rotatable bonds is 6. The molecule has 0 aromatic carbocycles. The Morgan fingerprint density at radius 3 is 2.69 bits per heavy atom. The van der Waals surface area contributed by atoms with Gasteiger partial charge in [-0.15, -0.1) is 0 Å². The zero-order chi connectivity index (χ0) is 12.0. The van der Waals surface area contributed by atoms with Crippen LogP contribution in [0.1, 0.15) is 20.3 Å². The van der Waals surface area contributed by atoms with Gasteiger partial charge in [-0.3, -0.25) is 4.79 Å². The predicted molar refractivity (Wildman–Crippen MR) is 67.5 cm³/mol. The number of pyridine rings is 1. The van der Waals surface area contributed by atoms with Gasteiger partial charge < -0.3 is 15.2 Å². The van der Waals surface area contributed by atoms with Crippen molar-refractivity contribution in [1.29, 1.82) is 0 Å². The molecule has 1 aromatic heterocycles. The summed E-state index contributed by atoms with van der Waals surface area (Å²) in [5.41, 5.74) is 6.30. The molecule has 0 unspecified atom stereocenters. The van der Waals surface area contributed by atoms with E-state index >= 15 is 0 Å². The molecule has 0 fully saturated rings. The summed E-state index contributed by atoms with van der Waals surface area (Å²) in [4.78, 5) is 13.8. The first-order valence-electron chi connectivity index (χ1n) is 5.85. The maximum absolute atomic E-state index is 11.5. The molecule has 1 aromatic rings. The van der Waals surface area contributed by atoms with Crippen LogP contribution in [0.5, 0.6) is 0 Å². The summed E-state index contributed by atoms with van der Waals surface area (Å²) >= 11 is 0. The highest BCUT2D eigenvalue weighted by Gasteiger charge is 2.02. The van der Waals surface area contributed by atoms with E-state index in [1.807, 2.05) is 0 Å². The van der Waals surface area contributed by atoms with Gasteiger partial charge in [0, 0.05) is 31.0 Å². The van der Waals surface area contributed by atoms with Crippen LogP contribution in [-0.4, -0.2) is 29.1 Å². The molecule has 0 saturated heterocycles. The van der Waals surface area contributed by atoms with Crippen LogP contribution < -0.4 is 11.3 Å². The first-order chi connectivity index (χ1) is 7.67. The van der Waals surface area contributed by atoms with Crippen LogP contribution in [0.15, 0.2) is 23.1 Å². The Hall–Kier alpha value is -1.29. The van der Waals surface area contributed by atoms with E-state index in [1.165, 1.54) is 6.07 Å². The first kappa shape index (κ1) is 12.8. The first-order valence-corrected chi connectivity index (χ1v) is 5.85. The van der Waals surface area contributed by atoms with Crippen molar-refractivity contribution >= 4 is 5.69 Å². The van der Waals surface area contributed by atoms with E-state index in [-0.39, 0.29) is 5.56 Å². The van der Waals surface area contributed by atoms with Crippen molar-refractivity contribution in [3.63, 3.8) is 0 Å². The smallest absolute Gasteiger partial charge is 0.250 e. The lowest BCUT2D eigenvalue weighted by Gasteiger charge is -2.19. The Morgan fingerprint density at radius 2 is 2.06 bits per heavy atom. The molecule has 90 valence electrons. The molecule has 4 nitrogen and oxygen atoms in total. The van der Waals surface area contributed by atoms with Crippen molar-refractivity contribution in [2.24, 2.45) is 0 Å². The Kier molecular flexibility index (Phi) is 5.05. The molecule has 0 aliphatic heterocycles. The Labute approximate surface area is 96.7 Å². The van der Waals surface area contributed by atoms with Gasteiger partial charge in [0.05, 0.1) is 0 Å². The fourth-order valence-corrected chi connectivity index (χ4v) is 1.72. The number of nitrogens with two attached hydrogens (primary N) is 1. The van der Waals surface area contributed by atoms with Crippen molar-refractivity contribution in [2.45, 2.75) is 26.8 Å². The van der Waals surface area contributed by atoms with Crippen molar-refractivity contribution in [3.8, 4) is 0 Å². The molecule has 1 rings (SSSR count). The molecular formula is C12H21N3O. The molecule has 0 aliphatic rings. The van der Waals surface area contributed by atoms with E-state index in [9.17, 15) is 4.79 Å². The second kappa shape index (κ2) is 6.33. The van der Waals surface area contributed by atoms with Gasteiger partial charge in [-0.05, 0) is 25.6 Å². The van der Waals surface area contributed by atoms with Crippen molar-refractivity contribution in [1.82, 2.24) is 9.47 Å². The minimum Gasteiger partial charge on any atom is -0.398 e. The molecule has 0 aliphatic carbocycles. The third-order valence-corrected chi connectivity index (χ3v) is 2.65. The average Bonchev–Trinajstić information content (AvgIpc) is 2.28. The normalized spacial score (nSPS) is 10.9. The van der Waals surface area contributed by atoms with Crippen LogP contribution in [0.25, 0.3) is 0 Å². The third-order valence-electron chi connectivity index (χ3n) is 2.65. The van der Waals surface area contributed by atoms with Crippen molar-refractivity contribution in [3.05, 3.63) is 28.7 Å². The lowest BCUT2D eigenvalue weighted by atomic mass is 10.3. The van der Waals surface area contributed by atoms with E-state index in [0.29, 0.717) is 12.2 Å². The van der Waals surface area contributed by atoms with E-state index in [0.717, 1.165) is 26.1 Å². The number of nitrogen functional groups attached to an aromatic ring is 1. The minimum absolute atomic E-state index is 0.0155. The molecule has 2 N–H and O–H groups in total. The van der Waals surface area contributed by atoms with Crippen LogP contribution in [0, 0.1) is 0 Å². The lowest BCUT2D eigenvalue weighted by Crippen LogP contribution is -2.31. The van der Waals surface area contributed by atoms with Gasteiger partial charge >= 0.3 is 0 Å². The second-order valence-electron chi connectivity index (χ2n) is 3.93. The summed E-state index contributed by atoms with van der Waals surface area (Å²) in [6.45, 7) is 8.00. The summed E-state index contributed by atoms with van der Waals surface area (Å²) < 4.78 is 1.67. The molecule has 0 atom stereocenters. The minimum atomic E-state index is 0.0155. The van der Waals surface area contributed by atoms with E-state index in [4.69, 9.17) is 5.73 Å². The summed E-state index contributed by atoms with van der Waals surface area (Å²) in [7, 11) is 0. The van der Waals surface area contributed by atoms with Gasteiger partial charge in [-0.2, -0.15) is 0 Å². The average molecular weight is 223 g/mol. The molecule has 1 heterocycles. The van der Waals surface area contributed by atoms with E-state index in [2.05, 4.69) is 18.7 Å². The number of aromatic nitrogens is 1. The van der Waals surface area contributed by atoms with E-state index < -0.39 is 0 Å². The summed E-state index contributed by atoms with van der Waals surface area (Å²) in [6, 6.07) is 3.16. The summed E-state index contributed by atoms with van der Waals surface area (Å²) in [5, 5.41) is 0. The van der Waals surface area contributed by atoms with Crippen molar-refractivity contribution in [2.75, 3.05) is 25.4 Å². The monoisotopic (exact) mass is 223 g/mol. The Balaban J connectivity index is 2.59. The molecular weight excluding hydrogens is 202 g/mol. The van der Waals surface area contributed by atoms with Crippen LogP contribution in [0.3, 0.4) is 0 Å². The standard InChI is InChI=1S/C12H21N3O/c1-3-7-14(4-2)8-9-15-10-11(13)5-6-12(15)16/h5-6,10H,3-4,7-9,13H2,1-2H3. The predicted octanol–water partition coefficient (Wildman–Crippen LogP) is 1.16. The maximum atomic E-state index is 11.5. The maximum Gasteiger partial charge on any atom is 0.250 e. The van der Waals surface area contributed by atoms with Gasteiger partial charge in [-0.25, -0.2) is 0 Å². The fourth-order valence-electron chi connectivity index (χ4n) is 1.72.